The first-order valence-corrected chi connectivity index (χ1v) is 6.91. The van der Waals surface area contributed by atoms with Crippen LogP contribution in [0.25, 0.3) is 0 Å². The Morgan fingerprint density at radius 3 is 2.62 bits per heavy atom. The topological polar surface area (TPSA) is 81.4 Å². The molecule has 6 heteroatoms. The SMILES string of the molecule is CCCC(C)NC(=O)C(C)OC(=O)c1ccc(N)cc1F. The summed E-state index contributed by atoms with van der Waals surface area (Å²) in [5.74, 6) is -2.06. The van der Waals surface area contributed by atoms with E-state index in [9.17, 15) is 14.0 Å². The third kappa shape index (κ3) is 5.06. The third-order valence-electron chi connectivity index (χ3n) is 2.98. The van der Waals surface area contributed by atoms with Gasteiger partial charge in [0.05, 0.1) is 5.56 Å². The van der Waals surface area contributed by atoms with E-state index in [1.54, 1.807) is 0 Å². The molecule has 2 atom stereocenters. The van der Waals surface area contributed by atoms with E-state index >= 15 is 0 Å². The second-order valence-corrected chi connectivity index (χ2v) is 4.99. The Bertz CT molecular complexity index is 520. The summed E-state index contributed by atoms with van der Waals surface area (Å²) in [6, 6.07) is 3.66. The minimum absolute atomic E-state index is 0.00286. The lowest BCUT2D eigenvalue weighted by atomic mass is 10.2. The minimum Gasteiger partial charge on any atom is -0.449 e. The van der Waals surface area contributed by atoms with Gasteiger partial charge in [-0.15, -0.1) is 0 Å². The van der Waals surface area contributed by atoms with Gasteiger partial charge in [-0.25, -0.2) is 9.18 Å². The number of hydrogen-bond donors (Lipinski definition) is 2. The Morgan fingerprint density at radius 2 is 2.05 bits per heavy atom. The van der Waals surface area contributed by atoms with Crippen molar-refractivity contribution in [3.05, 3.63) is 29.6 Å². The van der Waals surface area contributed by atoms with Gasteiger partial charge in [0.2, 0.25) is 0 Å². The summed E-state index contributed by atoms with van der Waals surface area (Å²) in [7, 11) is 0. The number of carbonyl (C=O) groups is 2. The number of anilines is 1. The van der Waals surface area contributed by atoms with Crippen molar-refractivity contribution in [2.75, 3.05) is 5.73 Å². The Kier molecular flexibility index (Phi) is 6.14. The number of ether oxygens (including phenoxy) is 1. The third-order valence-corrected chi connectivity index (χ3v) is 2.98. The lowest BCUT2D eigenvalue weighted by Gasteiger charge is -2.17. The smallest absolute Gasteiger partial charge is 0.341 e. The summed E-state index contributed by atoms with van der Waals surface area (Å²) in [5.41, 5.74) is 5.37. The van der Waals surface area contributed by atoms with Crippen LogP contribution >= 0.6 is 0 Å². The standard InChI is InChI=1S/C15H21FN2O3/c1-4-5-9(2)18-14(19)10(3)21-15(20)12-7-6-11(17)8-13(12)16/h6-10H,4-5,17H2,1-3H3,(H,18,19). The number of hydrogen-bond acceptors (Lipinski definition) is 4. The van der Waals surface area contributed by atoms with Crippen LogP contribution in [0.3, 0.4) is 0 Å². The number of benzene rings is 1. The van der Waals surface area contributed by atoms with Crippen LogP contribution in [-0.2, 0) is 9.53 Å². The minimum atomic E-state index is -0.992. The van der Waals surface area contributed by atoms with Crippen LogP contribution in [0.4, 0.5) is 10.1 Å². The van der Waals surface area contributed by atoms with Gasteiger partial charge in [0, 0.05) is 11.7 Å². The van der Waals surface area contributed by atoms with Gasteiger partial charge in [-0.1, -0.05) is 13.3 Å². The van der Waals surface area contributed by atoms with Crippen molar-refractivity contribution in [1.29, 1.82) is 0 Å². The molecule has 0 aromatic heterocycles. The molecule has 0 fully saturated rings. The van der Waals surface area contributed by atoms with Gasteiger partial charge < -0.3 is 15.8 Å². The second kappa shape index (κ2) is 7.61. The summed E-state index contributed by atoms with van der Waals surface area (Å²) < 4.78 is 18.5. The predicted molar refractivity (Wildman–Crippen MR) is 78.2 cm³/mol. The van der Waals surface area contributed by atoms with Crippen LogP contribution in [0, 0.1) is 5.82 Å². The van der Waals surface area contributed by atoms with Crippen molar-refractivity contribution < 1.29 is 18.7 Å². The molecule has 0 heterocycles. The molecule has 5 nitrogen and oxygen atoms in total. The van der Waals surface area contributed by atoms with Crippen LogP contribution in [0.5, 0.6) is 0 Å². The molecule has 0 aliphatic heterocycles. The summed E-state index contributed by atoms with van der Waals surface area (Å²) >= 11 is 0. The zero-order chi connectivity index (χ0) is 16.0. The van der Waals surface area contributed by atoms with Crippen molar-refractivity contribution >= 4 is 17.6 Å². The van der Waals surface area contributed by atoms with Gasteiger partial charge in [0.15, 0.2) is 6.10 Å². The van der Waals surface area contributed by atoms with Crippen LogP contribution in [-0.4, -0.2) is 24.0 Å². The van der Waals surface area contributed by atoms with E-state index in [1.807, 2.05) is 13.8 Å². The van der Waals surface area contributed by atoms with Crippen LogP contribution in [0.15, 0.2) is 18.2 Å². The number of esters is 1. The Morgan fingerprint density at radius 1 is 1.38 bits per heavy atom. The highest BCUT2D eigenvalue weighted by Gasteiger charge is 2.22. The zero-order valence-corrected chi connectivity index (χ0v) is 12.5. The van der Waals surface area contributed by atoms with E-state index in [4.69, 9.17) is 10.5 Å². The Hall–Kier alpha value is -2.11. The molecule has 0 radical (unpaired) electrons. The number of amides is 1. The maximum Gasteiger partial charge on any atom is 0.341 e. The molecule has 3 N–H and O–H groups in total. The number of nitrogen functional groups attached to an aromatic ring is 1. The molecular weight excluding hydrogens is 275 g/mol. The molecule has 2 unspecified atom stereocenters. The zero-order valence-electron chi connectivity index (χ0n) is 12.5. The molecule has 1 aromatic rings. The fourth-order valence-electron chi connectivity index (χ4n) is 1.84. The highest BCUT2D eigenvalue weighted by Crippen LogP contribution is 2.13. The van der Waals surface area contributed by atoms with Crippen molar-refractivity contribution in [2.45, 2.75) is 45.8 Å². The molecule has 0 bridgehead atoms. The molecule has 1 aromatic carbocycles. The Labute approximate surface area is 123 Å². The van der Waals surface area contributed by atoms with Crippen LogP contribution in [0.1, 0.15) is 44.0 Å². The fourth-order valence-corrected chi connectivity index (χ4v) is 1.84. The van der Waals surface area contributed by atoms with Crippen LogP contribution < -0.4 is 11.1 Å². The van der Waals surface area contributed by atoms with Gasteiger partial charge in [-0.3, -0.25) is 4.79 Å². The monoisotopic (exact) mass is 296 g/mol. The second-order valence-electron chi connectivity index (χ2n) is 4.99. The first-order valence-electron chi connectivity index (χ1n) is 6.91. The first-order chi connectivity index (χ1) is 9.85. The first kappa shape index (κ1) is 16.9. The molecule has 0 aliphatic carbocycles. The average molecular weight is 296 g/mol. The molecule has 0 saturated carbocycles. The van der Waals surface area contributed by atoms with Crippen molar-refractivity contribution in [1.82, 2.24) is 5.32 Å². The number of halogens is 1. The van der Waals surface area contributed by atoms with E-state index < -0.39 is 23.8 Å². The molecule has 116 valence electrons. The largest absolute Gasteiger partial charge is 0.449 e. The molecule has 0 spiro atoms. The lowest BCUT2D eigenvalue weighted by Crippen LogP contribution is -2.40. The van der Waals surface area contributed by atoms with E-state index in [1.165, 1.54) is 19.1 Å². The van der Waals surface area contributed by atoms with Crippen molar-refractivity contribution in [2.24, 2.45) is 0 Å². The Balaban J connectivity index is 2.63. The van der Waals surface area contributed by atoms with E-state index in [-0.39, 0.29) is 17.3 Å². The summed E-state index contributed by atoms with van der Waals surface area (Å²) in [6.07, 6.45) is 0.777. The van der Waals surface area contributed by atoms with E-state index in [0.717, 1.165) is 18.9 Å². The quantitative estimate of drug-likeness (QED) is 0.623. The summed E-state index contributed by atoms with van der Waals surface area (Å²) in [5, 5.41) is 2.73. The van der Waals surface area contributed by atoms with Gasteiger partial charge >= 0.3 is 5.97 Å². The molecule has 0 saturated heterocycles. The fraction of sp³-hybridized carbons (Fsp3) is 0.467. The van der Waals surface area contributed by atoms with Crippen molar-refractivity contribution in [3.63, 3.8) is 0 Å². The van der Waals surface area contributed by atoms with Gasteiger partial charge in [0.1, 0.15) is 5.82 Å². The molecule has 0 aliphatic rings. The number of nitrogens with one attached hydrogen (secondary N) is 1. The number of rotatable bonds is 6. The van der Waals surface area contributed by atoms with E-state index in [2.05, 4.69) is 5.32 Å². The average Bonchev–Trinajstić information content (AvgIpc) is 2.38. The van der Waals surface area contributed by atoms with Gasteiger partial charge in [-0.2, -0.15) is 0 Å². The highest BCUT2D eigenvalue weighted by molar-refractivity contribution is 5.92. The van der Waals surface area contributed by atoms with Gasteiger partial charge in [-0.05, 0) is 38.5 Å². The van der Waals surface area contributed by atoms with Crippen LogP contribution in [0.2, 0.25) is 0 Å². The summed E-state index contributed by atoms with van der Waals surface area (Å²) in [4.78, 5) is 23.7. The maximum atomic E-state index is 13.6. The maximum absolute atomic E-state index is 13.6. The molecule has 1 rings (SSSR count). The molecular formula is C15H21FN2O3. The molecule has 21 heavy (non-hydrogen) atoms. The number of carbonyl (C=O) groups excluding carboxylic acids is 2. The predicted octanol–water partition coefficient (Wildman–Crippen LogP) is 2.26. The number of nitrogens with two attached hydrogens (primary N) is 1. The lowest BCUT2D eigenvalue weighted by molar-refractivity contribution is -0.129. The highest BCUT2D eigenvalue weighted by atomic mass is 19.1. The molecule has 1 amide bonds. The van der Waals surface area contributed by atoms with E-state index in [0.29, 0.717) is 0 Å². The normalized spacial score (nSPS) is 13.3. The summed E-state index contributed by atoms with van der Waals surface area (Å²) in [6.45, 7) is 5.33. The van der Waals surface area contributed by atoms with Gasteiger partial charge in [0.25, 0.3) is 5.91 Å². The van der Waals surface area contributed by atoms with Crippen molar-refractivity contribution in [3.8, 4) is 0 Å².